The normalized spacial score (nSPS) is 16.3. The zero-order valence-electron chi connectivity index (χ0n) is 20.3. The second-order valence-electron chi connectivity index (χ2n) is 9.70. The van der Waals surface area contributed by atoms with Crippen molar-refractivity contribution in [1.82, 2.24) is 4.90 Å². The number of carbonyl (C=O) groups is 1. The molecule has 0 aromatic heterocycles. The van der Waals surface area contributed by atoms with Crippen molar-refractivity contribution in [1.29, 1.82) is 0 Å². The van der Waals surface area contributed by atoms with Crippen molar-refractivity contribution in [2.45, 2.75) is 84.1 Å². The zero-order valence-corrected chi connectivity index (χ0v) is 20.3. The fourth-order valence-corrected chi connectivity index (χ4v) is 4.49. The van der Waals surface area contributed by atoms with Gasteiger partial charge in [0.25, 0.3) is 0 Å². The van der Waals surface area contributed by atoms with Crippen LogP contribution in [0.15, 0.2) is 30.3 Å². The lowest BCUT2D eigenvalue weighted by Crippen LogP contribution is -2.56. The van der Waals surface area contributed by atoms with Crippen molar-refractivity contribution >= 4 is 5.97 Å². The molecule has 0 spiro atoms. The summed E-state index contributed by atoms with van der Waals surface area (Å²) in [5, 5.41) is 0. The molecule has 4 nitrogen and oxygen atoms in total. The van der Waals surface area contributed by atoms with Gasteiger partial charge in [-0.3, -0.25) is 9.69 Å². The van der Waals surface area contributed by atoms with E-state index in [0.717, 1.165) is 50.2 Å². The molecule has 1 aromatic carbocycles. The van der Waals surface area contributed by atoms with E-state index in [1.54, 1.807) is 0 Å². The average molecular weight is 432 g/mol. The van der Waals surface area contributed by atoms with Gasteiger partial charge in [-0.1, -0.05) is 95.0 Å². The zero-order chi connectivity index (χ0) is 22.2. The Bertz CT molecular complexity index is 582. The molecule has 1 aliphatic heterocycles. The monoisotopic (exact) mass is 431 g/mol. The highest BCUT2D eigenvalue weighted by atomic mass is 16.5. The van der Waals surface area contributed by atoms with Gasteiger partial charge in [0.05, 0.1) is 33.2 Å². The van der Waals surface area contributed by atoms with E-state index >= 15 is 0 Å². The van der Waals surface area contributed by atoms with Crippen molar-refractivity contribution < 1.29 is 14.0 Å². The van der Waals surface area contributed by atoms with E-state index in [2.05, 4.69) is 49.2 Å². The summed E-state index contributed by atoms with van der Waals surface area (Å²) < 4.78 is 6.54. The number of likely N-dealkylation sites (N-methyl/N-ethyl adjacent to an activating group) is 1. The molecule has 0 saturated carbocycles. The van der Waals surface area contributed by atoms with Crippen LogP contribution < -0.4 is 0 Å². The molecular formula is C27H47N2O2+. The Morgan fingerprint density at radius 2 is 1.48 bits per heavy atom. The topological polar surface area (TPSA) is 29.5 Å². The second-order valence-corrected chi connectivity index (χ2v) is 9.70. The largest absolute Gasteiger partial charge is 0.466 e. The lowest BCUT2D eigenvalue weighted by molar-refractivity contribution is -0.926. The molecule has 0 radical (unpaired) electrons. The Hall–Kier alpha value is -1.39. The SMILES string of the molecule is CCCCCCCCCCCCOC(=O)CCN1CC[N+](C)(Cc2ccccc2)CC1. The first-order valence-corrected chi connectivity index (χ1v) is 12.9. The number of hydrogen-bond donors (Lipinski definition) is 0. The van der Waals surface area contributed by atoms with Crippen molar-refractivity contribution in [3.05, 3.63) is 35.9 Å². The third kappa shape index (κ3) is 11.7. The molecule has 4 heteroatoms. The molecular weight excluding hydrogens is 384 g/mol. The fraction of sp³-hybridized carbons (Fsp3) is 0.741. The smallest absolute Gasteiger partial charge is 0.307 e. The van der Waals surface area contributed by atoms with E-state index in [1.165, 1.54) is 63.4 Å². The number of nitrogens with zero attached hydrogens (tertiary/aromatic N) is 2. The van der Waals surface area contributed by atoms with Crippen LogP contribution in [0.25, 0.3) is 0 Å². The third-order valence-corrected chi connectivity index (χ3v) is 6.71. The highest BCUT2D eigenvalue weighted by molar-refractivity contribution is 5.69. The van der Waals surface area contributed by atoms with Crippen LogP contribution in [0.2, 0.25) is 0 Å². The Morgan fingerprint density at radius 3 is 2.10 bits per heavy atom. The van der Waals surface area contributed by atoms with Crippen molar-refractivity contribution in [2.24, 2.45) is 0 Å². The number of carbonyl (C=O) groups excluding carboxylic acids is 1. The van der Waals surface area contributed by atoms with Gasteiger partial charge >= 0.3 is 5.97 Å². The standard InChI is InChI=1S/C27H47N2O2/c1-3-4-5-6-7-8-9-10-11-15-24-31-27(30)18-19-28-20-22-29(2,23-21-28)25-26-16-13-12-14-17-26/h12-14,16-17H,3-11,15,18-25H2,1-2H3/q+1. The van der Waals surface area contributed by atoms with Crippen LogP contribution in [0, 0.1) is 0 Å². The van der Waals surface area contributed by atoms with E-state index in [-0.39, 0.29) is 5.97 Å². The number of ether oxygens (including phenoxy) is 1. The van der Waals surface area contributed by atoms with E-state index in [4.69, 9.17) is 4.74 Å². The highest BCUT2D eigenvalue weighted by Crippen LogP contribution is 2.16. The van der Waals surface area contributed by atoms with E-state index in [1.807, 2.05) is 0 Å². The van der Waals surface area contributed by atoms with Crippen LogP contribution in [0.4, 0.5) is 0 Å². The molecule has 176 valence electrons. The van der Waals surface area contributed by atoms with Crippen LogP contribution in [0.5, 0.6) is 0 Å². The van der Waals surface area contributed by atoms with Gasteiger partial charge in [0, 0.05) is 25.2 Å². The lowest BCUT2D eigenvalue weighted by atomic mass is 10.1. The molecule has 0 unspecified atom stereocenters. The van der Waals surface area contributed by atoms with Gasteiger partial charge in [-0.15, -0.1) is 0 Å². The Morgan fingerprint density at radius 1 is 0.903 bits per heavy atom. The number of unbranched alkanes of at least 4 members (excludes halogenated alkanes) is 9. The molecule has 0 atom stereocenters. The van der Waals surface area contributed by atoms with Gasteiger partial charge < -0.3 is 9.22 Å². The van der Waals surface area contributed by atoms with Crippen molar-refractivity contribution in [3.63, 3.8) is 0 Å². The first-order chi connectivity index (χ1) is 15.1. The van der Waals surface area contributed by atoms with Gasteiger partial charge in [-0.05, 0) is 6.42 Å². The summed E-state index contributed by atoms with van der Waals surface area (Å²) >= 11 is 0. The van der Waals surface area contributed by atoms with Gasteiger partial charge in [0.15, 0.2) is 0 Å². The predicted octanol–water partition coefficient (Wildman–Crippen LogP) is 5.80. The number of quaternary nitrogens is 1. The van der Waals surface area contributed by atoms with Crippen LogP contribution in [-0.4, -0.2) is 61.7 Å². The summed E-state index contributed by atoms with van der Waals surface area (Å²) in [7, 11) is 2.35. The predicted molar refractivity (Wildman–Crippen MR) is 130 cm³/mol. The highest BCUT2D eigenvalue weighted by Gasteiger charge is 2.28. The number of rotatable bonds is 16. The molecule has 31 heavy (non-hydrogen) atoms. The lowest BCUT2D eigenvalue weighted by Gasteiger charge is -2.42. The molecule has 2 rings (SSSR count). The quantitative estimate of drug-likeness (QED) is 0.188. The van der Waals surface area contributed by atoms with E-state index in [9.17, 15) is 4.79 Å². The molecule has 0 bridgehead atoms. The first-order valence-electron chi connectivity index (χ1n) is 12.9. The summed E-state index contributed by atoms with van der Waals surface area (Å²) in [6.07, 6.45) is 13.6. The van der Waals surface area contributed by atoms with Crippen LogP contribution in [0.3, 0.4) is 0 Å². The Balaban J connectivity index is 1.44. The molecule has 0 N–H and O–H groups in total. The average Bonchev–Trinajstić information content (AvgIpc) is 2.77. The summed E-state index contributed by atoms with van der Waals surface area (Å²) in [4.78, 5) is 14.5. The Kier molecular flexibility index (Phi) is 12.9. The maximum Gasteiger partial charge on any atom is 0.307 e. The summed E-state index contributed by atoms with van der Waals surface area (Å²) in [6.45, 7) is 9.21. The third-order valence-electron chi connectivity index (χ3n) is 6.71. The number of benzene rings is 1. The maximum atomic E-state index is 12.1. The van der Waals surface area contributed by atoms with Crippen LogP contribution in [0.1, 0.15) is 83.1 Å². The van der Waals surface area contributed by atoms with Gasteiger partial charge in [0.2, 0.25) is 0 Å². The van der Waals surface area contributed by atoms with Crippen molar-refractivity contribution in [3.8, 4) is 0 Å². The molecule has 1 saturated heterocycles. The Labute approximate surface area is 191 Å². The van der Waals surface area contributed by atoms with Crippen LogP contribution >= 0.6 is 0 Å². The molecule has 1 aliphatic rings. The van der Waals surface area contributed by atoms with Gasteiger partial charge in [-0.2, -0.15) is 0 Å². The number of hydrogen-bond acceptors (Lipinski definition) is 3. The van der Waals surface area contributed by atoms with E-state index in [0.29, 0.717) is 13.0 Å². The minimum absolute atomic E-state index is 0.0250. The second kappa shape index (κ2) is 15.4. The van der Waals surface area contributed by atoms with Gasteiger partial charge in [-0.25, -0.2) is 0 Å². The summed E-state index contributed by atoms with van der Waals surface area (Å²) in [5.74, 6) is -0.0250. The van der Waals surface area contributed by atoms with Gasteiger partial charge in [0.1, 0.15) is 6.54 Å². The summed E-state index contributed by atoms with van der Waals surface area (Å²) in [5.41, 5.74) is 1.41. The minimum atomic E-state index is -0.0250. The first kappa shape index (κ1) is 25.9. The molecule has 1 heterocycles. The molecule has 1 aromatic rings. The molecule has 0 amide bonds. The molecule has 1 fully saturated rings. The maximum absolute atomic E-state index is 12.1. The number of piperazine rings is 1. The fourth-order valence-electron chi connectivity index (χ4n) is 4.49. The summed E-state index contributed by atoms with van der Waals surface area (Å²) in [6, 6.07) is 10.8. The molecule has 0 aliphatic carbocycles. The van der Waals surface area contributed by atoms with E-state index < -0.39 is 0 Å². The number of esters is 1. The minimum Gasteiger partial charge on any atom is -0.466 e. The van der Waals surface area contributed by atoms with Crippen molar-refractivity contribution in [2.75, 3.05) is 46.4 Å². The van der Waals surface area contributed by atoms with Crippen LogP contribution in [-0.2, 0) is 16.1 Å².